The van der Waals surface area contributed by atoms with Gasteiger partial charge in [-0.2, -0.15) is 0 Å². The van der Waals surface area contributed by atoms with Gasteiger partial charge in [-0.15, -0.1) is 0 Å². The first-order chi connectivity index (χ1) is 15.1. The van der Waals surface area contributed by atoms with E-state index in [-0.39, 0.29) is 5.91 Å². The summed E-state index contributed by atoms with van der Waals surface area (Å²) in [6, 6.07) is 20.3. The van der Waals surface area contributed by atoms with Crippen molar-refractivity contribution in [2.24, 2.45) is 0 Å². The van der Waals surface area contributed by atoms with E-state index in [1.165, 1.54) is 0 Å². The summed E-state index contributed by atoms with van der Waals surface area (Å²) in [4.78, 5) is 32.4. The SMILES string of the molecule is C[C@@H](OC(=O)c1cc(-c2ccco2)nc2ccccc12)C(=O)N1CCc2ccccc21. The van der Waals surface area contributed by atoms with Crippen LogP contribution in [0, 0.1) is 0 Å². The van der Waals surface area contributed by atoms with E-state index in [4.69, 9.17) is 9.15 Å². The fourth-order valence-electron chi connectivity index (χ4n) is 3.96. The second-order valence-electron chi connectivity index (χ2n) is 7.47. The van der Waals surface area contributed by atoms with Crippen molar-refractivity contribution in [1.29, 1.82) is 0 Å². The normalized spacial score (nSPS) is 13.8. The van der Waals surface area contributed by atoms with E-state index in [1.54, 1.807) is 36.3 Å². The molecule has 1 atom stereocenters. The fraction of sp³-hybridized carbons (Fsp3) is 0.160. The summed E-state index contributed by atoms with van der Waals surface area (Å²) in [5.41, 5.74) is 3.53. The molecule has 2 aromatic carbocycles. The summed E-state index contributed by atoms with van der Waals surface area (Å²) in [5, 5.41) is 0.661. The van der Waals surface area contributed by atoms with Crippen molar-refractivity contribution in [3.63, 3.8) is 0 Å². The van der Waals surface area contributed by atoms with Crippen molar-refractivity contribution in [2.45, 2.75) is 19.4 Å². The molecule has 1 aliphatic rings. The Hall–Kier alpha value is -3.93. The van der Waals surface area contributed by atoms with Crippen LogP contribution in [0.2, 0.25) is 0 Å². The van der Waals surface area contributed by atoms with Crippen LogP contribution in [0.5, 0.6) is 0 Å². The van der Waals surface area contributed by atoms with Crippen LogP contribution in [0.25, 0.3) is 22.4 Å². The number of fused-ring (bicyclic) bond motifs is 2. The molecule has 0 radical (unpaired) electrons. The fourth-order valence-corrected chi connectivity index (χ4v) is 3.96. The molecule has 0 aliphatic carbocycles. The summed E-state index contributed by atoms with van der Waals surface area (Å²) in [7, 11) is 0. The molecule has 0 saturated heterocycles. The molecule has 1 amide bonds. The Morgan fingerprint density at radius 3 is 2.71 bits per heavy atom. The van der Waals surface area contributed by atoms with Crippen LogP contribution in [-0.4, -0.2) is 29.5 Å². The minimum Gasteiger partial charge on any atom is -0.463 e. The van der Waals surface area contributed by atoms with Gasteiger partial charge in [0.15, 0.2) is 11.9 Å². The molecule has 154 valence electrons. The summed E-state index contributed by atoms with van der Waals surface area (Å²) in [5.74, 6) is -0.250. The van der Waals surface area contributed by atoms with Gasteiger partial charge in [-0.1, -0.05) is 36.4 Å². The maximum atomic E-state index is 13.1. The predicted molar refractivity (Wildman–Crippen MR) is 117 cm³/mol. The topological polar surface area (TPSA) is 72.6 Å². The number of carbonyl (C=O) groups excluding carboxylic acids is 2. The smallest absolute Gasteiger partial charge is 0.339 e. The highest BCUT2D eigenvalue weighted by Gasteiger charge is 2.30. The molecule has 4 aromatic rings. The Bertz CT molecular complexity index is 1280. The van der Waals surface area contributed by atoms with Gasteiger partial charge in [0, 0.05) is 17.6 Å². The van der Waals surface area contributed by atoms with E-state index in [1.807, 2.05) is 48.5 Å². The maximum absolute atomic E-state index is 13.1. The number of esters is 1. The number of furan rings is 1. The van der Waals surface area contributed by atoms with E-state index >= 15 is 0 Å². The zero-order chi connectivity index (χ0) is 21.4. The van der Waals surface area contributed by atoms with Crippen LogP contribution < -0.4 is 4.90 Å². The Morgan fingerprint density at radius 2 is 1.87 bits per heavy atom. The number of ether oxygens (including phenoxy) is 1. The van der Waals surface area contributed by atoms with Crippen molar-refractivity contribution < 1.29 is 18.7 Å². The minimum atomic E-state index is -0.919. The van der Waals surface area contributed by atoms with E-state index in [2.05, 4.69) is 4.98 Å². The second kappa shape index (κ2) is 7.72. The molecule has 0 spiro atoms. The number of nitrogens with zero attached hydrogens (tertiary/aromatic N) is 2. The van der Waals surface area contributed by atoms with Crippen molar-refractivity contribution in [3.8, 4) is 11.5 Å². The first-order valence-electron chi connectivity index (χ1n) is 10.2. The van der Waals surface area contributed by atoms with Crippen LogP contribution >= 0.6 is 0 Å². The number of rotatable bonds is 4. The van der Waals surface area contributed by atoms with Gasteiger partial charge in [0.25, 0.3) is 5.91 Å². The number of aromatic nitrogens is 1. The van der Waals surface area contributed by atoms with Gasteiger partial charge in [-0.3, -0.25) is 4.79 Å². The average Bonchev–Trinajstić information content (AvgIpc) is 3.48. The Balaban J connectivity index is 1.43. The lowest BCUT2D eigenvalue weighted by Gasteiger charge is -2.22. The van der Waals surface area contributed by atoms with Crippen LogP contribution in [0.15, 0.2) is 77.4 Å². The number of anilines is 1. The molecule has 5 rings (SSSR count). The summed E-state index contributed by atoms with van der Waals surface area (Å²) >= 11 is 0. The molecule has 0 saturated carbocycles. The largest absolute Gasteiger partial charge is 0.463 e. The molecule has 0 N–H and O–H groups in total. The first kappa shape index (κ1) is 19.1. The standard InChI is InChI=1S/C25H20N2O4/c1-16(24(28)27-13-12-17-7-2-5-10-22(17)27)31-25(29)19-15-21(23-11-6-14-30-23)26-20-9-4-3-8-18(19)20/h2-11,14-16H,12-13H2,1H3/t16-/m1/s1. The first-order valence-corrected chi connectivity index (χ1v) is 10.2. The zero-order valence-electron chi connectivity index (χ0n) is 16.9. The summed E-state index contributed by atoms with van der Waals surface area (Å²) < 4.78 is 11.1. The number of amides is 1. The average molecular weight is 412 g/mol. The Labute approximate surface area is 179 Å². The van der Waals surface area contributed by atoms with Gasteiger partial charge in [-0.25, -0.2) is 9.78 Å². The molecule has 0 fully saturated rings. The van der Waals surface area contributed by atoms with E-state index in [9.17, 15) is 9.59 Å². The molecule has 0 unspecified atom stereocenters. The maximum Gasteiger partial charge on any atom is 0.339 e. The second-order valence-corrected chi connectivity index (χ2v) is 7.47. The third-order valence-corrected chi connectivity index (χ3v) is 5.49. The minimum absolute atomic E-state index is 0.233. The van der Waals surface area contributed by atoms with E-state index < -0.39 is 12.1 Å². The van der Waals surface area contributed by atoms with Crippen molar-refractivity contribution >= 4 is 28.5 Å². The van der Waals surface area contributed by atoms with E-state index in [0.29, 0.717) is 34.5 Å². The highest BCUT2D eigenvalue weighted by atomic mass is 16.5. The lowest BCUT2D eigenvalue weighted by Crippen LogP contribution is -2.39. The van der Waals surface area contributed by atoms with Gasteiger partial charge >= 0.3 is 5.97 Å². The summed E-state index contributed by atoms with van der Waals surface area (Å²) in [6.45, 7) is 2.19. The number of pyridine rings is 1. The van der Waals surface area contributed by atoms with Gasteiger partial charge in [0.2, 0.25) is 0 Å². The van der Waals surface area contributed by atoms with Crippen LogP contribution in [0.3, 0.4) is 0 Å². The van der Waals surface area contributed by atoms with Gasteiger partial charge < -0.3 is 14.1 Å². The molecular weight excluding hydrogens is 392 g/mol. The molecule has 1 aliphatic heterocycles. The molecule has 0 bridgehead atoms. The number of carbonyl (C=O) groups is 2. The zero-order valence-corrected chi connectivity index (χ0v) is 16.9. The number of hydrogen-bond acceptors (Lipinski definition) is 5. The lowest BCUT2D eigenvalue weighted by atomic mass is 10.1. The number of hydrogen-bond donors (Lipinski definition) is 0. The molecule has 6 nitrogen and oxygen atoms in total. The Morgan fingerprint density at radius 1 is 1.06 bits per heavy atom. The third-order valence-electron chi connectivity index (χ3n) is 5.49. The van der Waals surface area contributed by atoms with E-state index in [0.717, 1.165) is 17.7 Å². The summed E-state index contributed by atoms with van der Waals surface area (Å²) in [6.07, 6.45) is 1.43. The van der Waals surface area contributed by atoms with Crippen molar-refractivity contribution in [2.75, 3.05) is 11.4 Å². The quantitative estimate of drug-likeness (QED) is 0.457. The molecule has 31 heavy (non-hydrogen) atoms. The highest BCUT2D eigenvalue weighted by Crippen LogP contribution is 2.29. The third kappa shape index (κ3) is 3.46. The van der Waals surface area contributed by atoms with Gasteiger partial charge in [-0.05, 0) is 49.2 Å². The molecule has 3 heterocycles. The lowest BCUT2D eigenvalue weighted by molar-refractivity contribution is -0.126. The Kier molecular flexibility index (Phi) is 4.75. The highest BCUT2D eigenvalue weighted by molar-refractivity contribution is 6.06. The number of benzene rings is 2. The van der Waals surface area contributed by atoms with Crippen LogP contribution in [0.1, 0.15) is 22.8 Å². The monoisotopic (exact) mass is 412 g/mol. The van der Waals surface area contributed by atoms with Gasteiger partial charge in [0.1, 0.15) is 5.69 Å². The molecule has 2 aromatic heterocycles. The van der Waals surface area contributed by atoms with Crippen LogP contribution in [0.4, 0.5) is 5.69 Å². The number of para-hydroxylation sites is 2. The van der Waals surface area contributed by atoms with Crippen molar-refractivity contribution in [3.05, 3.63) is 84.1 Å². The molecule has 6 heteroatoms. The molecular formula is C25H20N2O4. The van der Waals surface area contributed by atoms with Crippen molar-refractivity contribution in [1.82, 2.24) is 4.98 Å². The van der Waals surface area contributed by atoms with Gasteiger partial charge in [0.05, 0.1) is 17.3 Å². The predicted octanol–water partition coefficient (Wildman–Crippen LogP) is 4.63. The van der Waals surface area contributed by atoms with Crippen LogP contribution in [-0.2, 0) is 16.0 Å².